The number of hydrogen-bond acceptors (Lipinski definition) is 14. The molecule has 2 fully saturated rings. The zero-order chi connectivity index (χ0) is 45.7. The van der Waals surface area contributed by atoms with E-state index in [0.717, 1.165) is 84.5 Å². The van der Waals surface area contributed by atoms with Crippen molar-refractivity contribution in [2.45, 2.75) is 71.6 Å². The second-order valence-corrected chi connectivity index (χ2v) is 15.3. The maximum absolute atomic E-state index is 6.02. The van der Waals surface area contributed by atoms with Gasteiger partial charge in [0.2, 0.25) is 10.6 Å². The van der Waals surface area contributed by atoms with E-state index in [-0.39, 0.29) is 5.28 Å². The number of nitrogens with zero attached hydrogens (tertiary/aromatic N) is 8. The van der Waals surface area contributed by atoms with Crippen molar-refractivity contribution in [2.24, 2.45) is 5.73 Å². The Kier molecular flexibility index (Phi) is 26.2. The zero-order valence-electron chi connectivity index (χ0n) is 37.4. The fraction of sp³-hybridized carbons (Fsp3) is 0.478. The average molecular weight is 928 g/mol. The van der Waals surface area contributed by atoms with Gasteiger partial charge in [-0.05, 0) is 156 Å². The number of methoxy groups -OCH3 is 2. The van der Waals surface area contributed by atoms with E-state index in [2.05, 4.69) is 64.5 Å². The van der Waals surface area contributed by atoms with E-state index < -0.39 is 0 Å². The van der Waals surface area contributed by atoms with E-state index in [1.807, 2.05) is 49.5 Å². The molecule has 17 heteroatoms. The smallest absolute Gasteiger partial charge is 0.223 e. The minimum atomic E-state index is 0.178. The lowest BCUT2D eigenvalue weighted by atomic mass is 10.1. The molecule has 0 radical (unpaired) electrons. The molecule has 0 bridgehead atoms. The summed E-state index contributed by atoms with van der Waals surface area (Å²) < 4.78 is 22.4. The summed E-state index contributed by atoms with van der Waals surface area (Å²) in [6.07, 6.45) is 14.9. The first-order valence-corrected chi connectivity index (χ1v) is 22.6. The van der Waals surface area contributed by atoms with Crippen LogP contribution in [0.4, 0.5) is 5.69 Å². The molecule has 5 heterocycles. The molecule has 2 aliphatic heterocycles. The maximum Gasteiger partial charge on any atom is 0.223 e. The molecule has 0 atom stereocenters. The highest BCUT2D eigenvalue weighted by Gasteiger charge is 2.13. The third kappa shape index (κ3) is 21.1. The highest BCUT2D eigenvalue weighted by molar-refractivity contribution is 6.31. The van der Waals surface area contributed by atoms with Gasteiger partial charge < -0.3 is 40.2 Å². The van der Waals surface area contributed by atoms with Crippen molar-refractivity contribution >= 4 is 40.5 Å². The van der Waals surface area contributed by atoms with Gasteiger partial charge in [0.15, 0.2) is 23.0 Å². The molecule has 3 aromatic heterocycles. The molecule has 0 aliphatic carbocycles. The Balaban J connectivity index is 0.000000245. The summed E-state index contributed by atoms with van der Waals surface area (Å²) in [4.78, 5) is 28.9. The Morgan fingerprint density at radius 2 is 1.08 bits per heavy atom. The number of aromatic nitrogens is 6. The average Bonchev–Trinajstić information content (AvgIpc) is 4.04. The van der Waals surface area contributed by atoms with Crippen molar-refractivity contribution in [3.8, 4) is 23.0 Å². The Morgan fingerprint density at radius 3 is 1.56 bits per heavy atom. The molecule has 4 N–H and O–H groups in total. The number of benzene rings is 2. The van der Waals surface area contributed by atoms with Crippen LogP contribution in [0.3, 0.4) is 0 Å². The standard InChI is InChI=1S/C21H29N3O2.C14H22N2O2.C6H7ClN2.C4H2Cl2N2.CH5N/c1-3-18-9-10-22-21(23-18)16-17-7-8-19(25-2)20(15-17)26-14-6-13-24-11-4-5-12-24;1-17-13-6-5-12(15)11-14(13)18-10-4-9-16-7-2-3-8-16;1-2-5-3-4-8-6(7)9-5;5-3-1-2-7-4(6)8-3;1-2/h7-10,15H,3-6,11-14,16H2,1-2H3;5-6,11H,2-4,7-10,15H2,1H3;3-4H,2H2,1H3;1-2H;2H2,1H3. The van der Waals surface area contributed by atoms with Crippen LogP contribution in [0.2, 0.25) is 15.7 Å². The van der Waals surface area contributed by atoms with Crippen LogP contribution in [0, 0.1) is 0 Å². The number of halogens is 3. The van der Waals surface area contributed by atoms with E-state index in [1.54, 1.807) is 26.5 Å². The van der Waals surface area contributed by atoms with Crippen molar-refractivity contribution in [2.75, 3.05) is 79.5 Å². The number of ether oxygens (including phenoxy) is 4. The van der Waals surface area contributed by atoms with Gasteiger partial charge in [0.25, 0.3) is 0 Å². The first-order valence-electron chi connectivity index (χ1n) is 21.5. The summed E-state index contributed by atoms with van der Waals surface area (Å²) in [7, 11) is 4.82. The molecule has 7 rings (SSSR count). The first-order chi connectivity index (χ1) is 30.7. The van der Waals surface area contributed by atoms with E-state index in [9.17, 15) is 0 Å². The van der Waals surface area contributed by atoms with Gasteiger partial charge in [-0.15, -0.1) is 0 Å². The topological polar surface area (TPSA) is 173 Å². The Bertz CT molecular complexity index is 1990. The van der Waals surface area contributed by atoms with Gasteiger partial charge >= 0.3 is 0 Å². The van der Waals surface area contributed by atoms with Gasteiger partial charge in [-0.1, -0.05) is 31.5 Å². The van der Waals surface area contributed by atoms with Gasteiger partial charge in [0.05, 0.1) is 27.4 Å². The second kappa shape index (κ2) is 31.3. The SMILES string of the molecule is CCc1ccnc(Cc2ccc(OC)c(OCCCN3CCCC3)c2)n1.CCc1ccnc(Cl)n1.CN.COc1ccc(N)cc1OCCCN1CCCC1.Clc1ccnc(Cl)n1. The quantitative estimate of drug-likeness (QED) is 0.0416. The van der Waals surface area contributed by atoms with Crippen LogP contribution in [-0.4, -0.2) is 113 Å². The van der Waals surface area contributed by atoms with Crippen LogP contribution in [0.25, 0.3) is 0 Å². The molecule has 0 saturated carbocycles. The maximum atomic E-state index is 6.02. The summed E-state index contributed by atoms with van der Waals surface area (Å²) in [5.74, 6) is 3.90. The lowest BCUT2D eigenvalue weighted by Gasteiger charge is -2.16. The molecular formula is C46H65Cl3N10O4. The van der Waals surface area contributed by atoms with Crippen molar-refractivity contribution in [3.05, 3.63) is 112 Å². The number of anilines is 1. The molecule has 5 aromatic rings. The minimum Gasteiger partial charge on any atom is -0.493 e. The Morgan fingerprint density at radius 1 is 0.587 bits per heavy atom. The van der Waals surface area contributed by atoms with Crippen molar-refractivity contribution < 1.29 is 18.9 Å². The first kappa shape index (κ1) is 52.8. The predicted molar refractivity (Wildman–Crippen MR) is 255 cm³/mol. The molecule has 0 spiro atoms. The number of nitrogens with two attached hydrogens (primary N) is 2. The van der Waals surface area contributed by atoms with Crippen LogP contribution < -0.4 is 30.4 Å². The molecule has 0 amide bonds. The molecule has 2 aromatic carbocycles. The third-order valence-corrected chi connectivity index (χ3v) is 10.3. The van der Waals surface area contributed by atoms with E-state index in [4.69, 9.17) is 59.5 Å². The van der Waals surface area contributed by atoms with Crippen LogP contribution in [-0.2, 0) is 19.3 Å². The molecular weight excluding hydrogens is 863 g/mol. The van der Waals surface area contributed by atoms with E-state index in [0.29, 0.717) is 35.8 Å². The summed E-state index contributed by atoms with van der Waals surface area (Å²) in [5.41, 5.74) is 14.1. The summed E-state index contributed by atoms with van der Waals surface area (Å²) in [5, 5.41) is 0.872. The predicted octanol–water partition coefficient (Wildman–Crippen LogP) is 8.70. The van der Waals surface area contributed by atoms with Crippen LogP contribution in [0.5, 0.6) is 23.0 Å². The molecule has 14 nitrogen and oxygen atoms in total. The lowest BCUT2D eigenvalue weighted by Crippen LogP contribution is -2.21. The number of aryl methyl sites for hydroxylation is 2. The summed E-state index contributed by atoms with van der Waals surface area (Å²) >= 11 is 16.2. The Hall–Kier alpha value is -4.57. The van der Waals surface area contributed by atoms with Crippen LogP contribution in [0.1, 0.15) is 75.1 Å². The van der Waals surface area contributed by atoms with Gasteiger partial charge in [-0.25, -0.2) is 29.9 Å². The number of rotatable bonds is 16. The Labute approximate surface area is 389 Å². The largest absolute Gasteiger partial charge is 0.493 e. The number of nitrogen functional groups attached to an aromatic ring is 1. The third-order valence-electron chi connectivity index (χ3n) is 9.69. The molecule has 2 saturated heterocycles. The van der Waals surface area contributed by atoms with Gasteiger partial charge in [0.1, 0.15) is 11.0 Å². The molecule has 344 valence electrons. The van der Waals surface area contributed by atoms with Gasteiger partial charge in [-0.2, -0.15) is 0 Å². The van der Waals surface area contributed by atoms with E-state index in [1.165, 1.54) is 65.1 Å². The fourth-order valence-electron chi connectivity index (χ4n) is 6.49. The fourth-order valence-corrected chi connectivity index (χ4v) is 6.98. The second-order valence-electron chi connectivity index (χ2n) is 14.2. The number of likely N-dealkylation sites (tertiary alicyclic amines) is 2. The zero-order valence-corrected chi connectivity index (χ0v) is 39.7. The van der Waals surface area contributed by atoms with Crippen molar-refractivity contribution in [3.63, 3.8) is 0 Å². The molecule has 2 aliphatic rings. The highest BCUT2D eigenvalue weighted by Crippen LogP contribution is 2.30. The van der Waals surface area contributed by atoms with Crippen LogP contribution >= 0.6 is 34.8 Å². The van der Waals surface area contributed by atoms with Gasteiger partial charge in [-0.3, -0.25) is 0 Å². The summed E-state index contributed by atoms with van der Waals surface area (Å²) in [6.45, 7) is 12.7. The van der Waals surface area contributed by atoms with Crippen LogP contribution in [0.15, 0.2) is 73.2 Å². The summed E-state index contributed by atoms with van der Waals surface area (Å²) in [6, 6.07) is 16.9. The van der Waals surface area contributed by atoms with Crippen molar-refractivity contribution in [1.82, 2.24) is 39.7 Å². The van der Waals surface area contributed by atoms with Crippen molar-refractivity contribution in [1.29, 1.82) is 0 Å². The highest BCUT2D eigenvalue weighted by atomic mass is 35.5. The number of hydrogen-bond donors (Lipinski definition) is 2. The lowest BCUT2D eigenvalue weighted by molar-refractivity contribution is 0.254. The minimum absolute atomic E-state index is 0.178. The monoisotopic (exact) mass is 926 g/mol. The normalized spacial score (nSPS) is 13.2. The van der Waals surface area contributed by atoms with Gasteiger partial charge in [0, 0.05) is 61.2 Å². The van der Waals surface area contributed by atoms with E-state index >= 15 is 0 Å². The molecule has 63 heavy (non-hydrogen) atoms. The molecule has 0 unspecified atom stereocenters.